The summed E-state index contributed by atoms with van der Waals surface area (Å²) in [5.74, 6) is -1.87. The number of hydroxylamine groups is 2. The van der Waals surface area contributed by atoms with Crippen molar-refractivity contribution < 1.29 is 24.0 Å². The first-order valence-electron chi connectivity index (χ1n) is 7.87. The molecular formula is C17H17NO5. The van der Waals surface area contributed by atoms with Gasteiger partial charge in [0.1, 0.15) is 0 Å². The zero-order chi connectivity index (χ0) is 16.2. The Labute approximate surface area is 133 Å². The number of nitrogens with zero attached hydrogens (tertiary/aromatic N) is 1. The SMILES string of the molecule is CCOC1CC2(C1)CC2C(=O)ON1C(=O)c2ccccc2C1=O. The fourth-order valence-corrected chi connectivity index (χ4v) is 3.74. The fraction of sp³-hybridized carbons (Fsp3) is 0.471. The van der Waals surface area contributed by atoms with Gasteiger partial charge in [0.25, 0.3) is 11.8 Å². The Hall–Kier alpha value is -2.21. The van der Waals surface area contributed by atoms with Crippen molar-refractivity contribution in [3.8, 4) is 0 Å². The monoisotopic (exact) mass is 315 g/mol. The van der Waals surface area contributed by atoms with Gasteiger partial charge in [0, 0.05) is 6.61 Å². The average molecular weight is 315 g/mol. The Balaban J connectivity index is 1.40. The van der Waals surface area contributed by atoms with E-state index in [1.165, 1.54) is 0 Å². The molecule has 1 aliphatic heterocycles. The van der Waals surface area contributed by atoms with Gasteiger partial charge in [0.05, 0.1) is 23.1 Å². The van der Waals surface area contributed by atoms with Gasteiger partial charge in [-0.3, -0.25) is 9.59 Å². The van der Waals surface area contributed by atoms with Gasteiger partial charge in [-0.1, -0.05) is 17.2 Å². The third-order valence-corrected chi connectivity index (χ3v) is 5.08. The number of benzene rings is 1. The molecule has 6 heteroatoms. The number of carbonyl (C=O) groups excluding carboxylic acids is 3. The van der Waals surface area contributed by atoms with E-state index >= 15 is 0 Å². The van der Waals surface area contributed by atoms with Crippen molar-refractivity contribution in [2.75, 3.05) is 6.61 Å². The van der Waals surface area contributed by atoms with Gasteiger partial charge in [-0.2, -0.15) is 0 Å². The minimum atomic E-state index is -0.575. The molecule has 2 saturated carbocycles. The van der Waals surface area contributed by atoms with Crippen molar-refractivity contribution in [1.82, 2.24) is 5.06 Å². The first-order valence-corrected chi connectivity index (χ1v) is 7.87. The number of ether oxygens (including phenoxy) is 1. The van der Waals surface area contributed by atoms with Crippen molar-refractivity contribution in [2.24, 2.45) is 11.3 Å². The third kappa shape index (κ3) is 2.09. The zero-order valence-electron chi connectivity index (χ0n) is 12.8. The number of hydrogen-bond acceptors (Lipinski definition) is 5. The summed E-state index contributed by atoms with van der Waals surface area (Å²) in [5.41, 5.74) is 0.516. The van der Waals surface area contributed by atoms with E-state index in [4.69, 9.17) is 9.57 Å². The minimum Gasteiger partial charge on any atom is -0.378 e. The third-order valence-electron chi connectivity index (χ3n) is 5.08. The number of carbonyl (C=O) groups is 3. The van der Waals surface area contributed by atoms with Crippen LogP contribution < -0.4 is 0 Å². The molecule has 0 N–H and O–H groups in total. The maximum absolute atomic E-state index is 12.3. The molecule has 1 unspecified atom stereocenters. The van der Waals surface area contributed by atoms with Gasteiger partial charge < -0.3 is 9.57 Å². The Morgan fingerprint density at radius 1 is 1.17 bits per heavy atom. The van der Waals surface area contributed by atoms with Gasteiger partial charge in [0.2, 0.25) is 0 Å². The molecule has 1 aromatic rings. The van der Waals surface area contributed by atoms with Crippen LogP contribution >= 0.6 is 0 Å². The first kappa shape index (κ1) is 14.4. The standard InChI is InChI=1S/C17H17NO5/c1-2-22-10-7-17(8-10)9-13(17)16(21)23-18-14(19)11-5-3-4-6-12(11)15(18)20/h3-6,10,13H,2,7-9H2,1H3. The van der Waals surface area contributed by atoms with E-state index in [2.05, 4.69) is 0 Å². The number of amides is 2. The highest BCUT2D eigenvalue weighted by Crippen LogP contribution is 2.66. The Kier molecular flexibility index (Phi) is 3.06. The molecule has 0 saturated heterocycles. The highest BCUT2D eigenvalue weighted by molar-refractivity contribution is 6.20. The molecule has 0 aromatic heterocycles. The van der Waals surface area contributed by atoms with Crippen molar-refractivity contribution in [3.05, 3.63) is 35.4 Å². The molecule has 2 aliphatic carbocycles. The molecule has 2 fully saturated rings. The second-order valence-corrected chi connectivity index (χ2v) is 6.47. The van der Waals surface area contributed by atoms with Crippen LogP contribution in [0.3, 0.4) is 0 Å². The van der Waals surface area contributed by atoms with Gasteiger partial charge >= 0.3 is 5.97 Å². The van der Waals surface area contributed by atoms with Crippen molar-refractivity contribution >= 4 is 17.8 Å². The summed E-state index contributed by atoms with van der Waals surface area (Å²) in [6, 6.07) is 6.46. The minimum absolute atomic E-state index is 0.0322. The summed E-state index contributed by atoms with van der Waals surface area (Å²) in [6.07, 6.45) is 2.67. The molecule has 2 amide bonds. The second-order valence-electron chi connectivity index (χ2n) is 6.47. The van der Waals surface area contributed by atoms with E-state index in [1.807, 2.05) is 6.92 Å². The van der Waals surface area contributed by atoms with Gasteiger partial charge in [0.15, 0.2) is 0 Å². The lowest BCUT2D eigenvalue weighted by atomic mass is 9.77. The molecule has 1 spiro atoms. The fourth-order valence-electron chi connectivity index (χ4n) is 3.74. The van der Waals surface area contributed by atoms with Crippen molar-refractivity contribution in [2.45, 2.75) is 32.3 Å². The van der Waals surface area contributed by atoms with E-state index in [0.717, 1.165) is 19.3 Å². The number of rotatable bonds is 4. The van der Waals surface area contributed by atoms with E-state index in [-0.39, 0.29) is 28.6 Å². The molecule has 0 radical (unpaired) electrons. The molecule has 0 bridgehead atoms. The molecule has 1 atom stereocenters. The number of imide groups is 1. The predicted molar refractivity (Wildman–Crippen MR) is 78.2 cm³/mol. The average Bonchev–Trinajstić information content (AvgIpc) is 3.22. The van der Waals surface area contributed by atoms with Crippen LogP contribution in [0.2, 0.25) is 0 Å². The van der Waals surface area contributed by atoms with Crippen LogP contribution in [0.4, 0.5) is 0 Å². The smallest absolute Gasteiger partial charge is 0.336 e. The predicted octanol–water partition coefficient (Wildman–Crippen LogP) is 1.95. The van der Waals surface area contributed by atoms with Crippen LogP contribution in [-0.2, 0) is 14.4 Å². The highest BCUT2D eigenvalue weighted by atomic mass is 16.7. The zero-order valence-corrected chi connectivity index (χ0v) is 12.8. The van der Waals surface area contributed by atoms with Gasteiger partial charge in [-0.05, 0) is 43.7 Å². The van der Waals surface area contributed by atoms with Crippen LogP contribution in [0.25, 0.3) is 0 Å². The maximum Gasteiger partial charge on any atom is 0.336 e. The molecule has 3 aliphatic rings. The van der Waals surface area contributed by atoms with E-state index in [9.17, 15) is 14.4 Å². The number of fused-ring (bicyclic) bond motifs is 1. The maximum atomic E-state index is 12.3. The molecular weight excluding hydrogens is 298 g/mol. The molecule has 120 valence electrons. The largest absolute Gasteiger partial charge is 0.378 e. The van der Waals surface area contributed by atoms with Crippen molar-refractivity contribution in [1.29, 1.82) is 0 Å². The quantitative estimate of drug-likeness (QED) is 0.794. The van der Waals surface area contributed by atoms with Crippen LogP contribution in [-0.4, -0.2) is 35.6 Å². The Bertz CT molecular complexity index is 672. The summed E-state index contributed by atoms with van der Waals surface area (Å²) in [7, 11) is 0. The lowest BCUT2D eigenvalue weighted by molar-refractivity contribution is -0.172. The summed E-state index contributed by atoms with van der Waals surface area (Å²) < 4.78 is 5.52. The first-order chi connectivity index (χ1) is 11.1. The molecule has 1 heterocycles. The van der Waals surface area contributed by atoms with Crippen LogP contribution in [0, 0.1) is 11.3 Å². The highest BCUT2D eigenvalue weighted by Gasteiger charge is 2.66. The summed E-state index contributed by atoms with van der Waals surface area (Å²) in [4.78, 5) is 41.7. The van der Waals surface area contributed by atoms with Crippen LogP contribution in [0.5, 0.6) is 0 Å². The van der Waals surface area contributed by atoms with Crippen molar-refractivity contribution in [3.63, 3.8) is 0 Å². The molecule has 6 nitrogen and oxygen atoms in total. The Morgan fingerprint density at radius 3 is 2.35 bits per heavy atom. The molecule has 4 rings (SSSR count). The van der Waals surface area contributed by atoms with E-state index in [1.54, 1.807) is 24.3 Å². The lowest BCUT2D eigenvalue weighted by Gasteiger charge is -2.36. The van der Waals surface area contributed by atoms with Crippen LogP contribution in [0.1, 0.15) is 46.9 Å². The summed E-state index contributed by atoms with van der Waals surface area (Å²) in [6.45, 7) is 2.62. The topological polar surface area (TPSA) is 72.9 Å². The molecule has 23 heavy (non-hydrogen) atoms. The van der Waals surface area contributed by atoms with E-state index in [0.29, 0.717) is 11.7 Å². The van der Waals surface area contributed by atoms with Gasteiger partial charge in [-0.25, -0.2) is 4.79 Å². The molecule has 1 aromatic carbocycles. The van der Waals surface area contributed by atoms with Gasteiger partial charge in [-0.15, -0.1) is 0 Å². The number of hydrogen-bond donors (Lipinski definition) is 0. The normalized spacial score (nSPS) is 31.1. The second kappa shape index (κ2) is 4.89. The van der Waals surface area contributed by atoms with Crippen LogP contribution in [0.15, 0.2) is 24.3 Å². The lowest BCUT2D eigenvalue weighted by Crippen LogP contribution is -2.38. The summed E-state index contributed by atoms with van der Waals surface area (Å²) >= 11 is 0. The summed E-state index contributed by atoms with van der Waals surface area (Å²) in [5, 5.41) is 0.595. The Morgan fingerprint density at radius 2 is 1.78 bits per heavy atom. The van der Waals surface area contributed by atoms with E-state index < -0.39 is 17.8 Å².